The van der Waals surface area contributed by atoms with E-state index < -0.39 is 0 Å². The number of benzene rings is 5. The fourth-order valence-corrected chi connectivity index (χ4v) is 7.30. The van der Waals surface area contributed by atoms with Gasteiger partial charge in [0.05, 0.1) is 16.6 Å². The Kier molecular flexibility index (Phi) is 6.15. The fraction of sp³-hybridized carbons (Fsp3) is 0.119. The van der Waals surface area contributed by atoms with Crippen LogP contribution in [0, 0.1) is 12.3 Å². The zero-order valence-electron chi connectivity index (χ0n) is 25.8. The Morgan fingerprint density at radius 2 is 1.58 bits per heavy atom. The number of para-hydroxylation sites is 1. The van der Waals surface area contributed by atoms with Crippen molar-refractivity contribution in [2.75, 3.05) is 0 Å². The van der Waals surface area contributed by atoms with E-state index in [1.54, 1.807) is 0 Å². The van der Waals surface area contributed by atoms with Crippen LogP contribution < -0.4 is 5.32 Å². The molecule has 1 aromatic heterocycles. The van der Waals surface area contributed by atoms with E-state index >= 15 is 0 Å². The summed E-state index contributed by atoms with van der Waals surface area (Å²) in [6, 6.07) is 41.7. The standard InChI is InChI=1S/C42H33N3/c1-5-7-19-30(6-2)45-40(28-16-9-8-10-17-28)43-41(45)29-18-15-20-31(25-29)44-38-24-14-12-22-33(38)35-26-37-34(27-39(35)44)32-21-11-13-23-36(32)42(37,3)4/h2,5,7-27,40H,1,3-4H3/p+1/b7-5-,30-19+. The second-order valence-corrected chi connectivity index (χ2v) is 12.4. The summed E-state index contributed by atoms with van der Waals surface area (Å²) in [6.07, 6.45) is 12.1. The van der Waals surface area contributed by atoms with Crippen LogP contribution in [0.4, 0.5) is 0 Å². The second-order valence-electron chi connectivity index (χ2n) is 12.4. The average Bonchev–Trinajstić information content (AvgIpc) is 3.50. The predicted molar refractivity (Wildman–Crippen MR) is 187 cm³/mol. The number of nitrogens with zero attached hydrogens (tertiary/aromatic N) is 2. The number of terminal acetylenes is 1. The van der Waals surface area contributed by atoms with E-state index in [-0.39, 0.29) is 11.6 Å². The van der Waals surface area contributed by atoms with Gasteiger partial charge < -0.3 is 4.57 Å². The molecule has 0 radical (unpaired) electrons. The van der Waals surface area contributed by atoms with E-state index in [0.29, 0.717) is 0 Å². The highest BCUT2D eigenvalue weighted by Crippen LogP contribution is 2.50. The summed E-state index contributed by atoms with van der Waals surface area (Å²) in [6.45, 7) is 6.69. The van der Waals surface area contributed by atoms with Gasteiger partial charge in [-0.25, -0.2) is 5.32 Å². The SMILES string of the molecule is C#C/C(=C\C=C/C)[N+]1=C(c2cccc(-n3c4ccccc4c4cc5c(cc43)-c3ccccc3C5(C)C)c2)NC1c1ccccc1. The molecule has 1 unspecified atom stereocenters. The Morgan fingerprint density at radius 3 is 2.40 bits per heavy atom. The summed E-state index contributed by atoms with van der Waals surface area (Å²) in [7, 11) is 0. The number of hydrogen-bond acceptors (Lipinski definition) is 1. The molecule has 2 aliphatic rings. The van der Waals surface area contributed by atoms with Crippen LogP contribution in [-0.2, 0) is 5.41 Å². The van der Waals surface area contributed by atoms with Crippen molar-refractivity contribution in [2.45, 2.75) is 32.4 Å². The molecule has 6 aromatic rings. The van der Waals surface area contributed by atoms with Crippen LogP contribution in [0.25, 0.3) is 38.6 Å². The van der Waals surface area contributed by atoms with Crippen LogP contribution in [-0.4, -0.2) is 15.0 Å². The number of hydrogen-bond donors (Lipinski definition) is 1. The van der Waals surface area contributed by atoms with Gasteiger partial charge in [-0.3, -0.25) is 0 Å². The smallest absolute Gasteiger partial charge is 0.290 e. The number of rotatable bonds is 5. The monoisotopic (exact) mass is 580 g/mol. The fourth-order valence-electron chi connectivity index (χ4n) is 7.30. The van der Waals surface area contributed by atoms with E-state index in [2.05, 4.69) is 143 Å². The zero-order chi connectivity index (χ0) is 30.7. The van der Waals surface area contributed by atoms with E-state index in [1.165, 1.54) is 49.6 Å². The van der Waals surface area contributed by atoms with Gasteiger partial charge in [0.2, 0.25) is 0 Å². The first kappa shape index (κ1) is 27.0. The Morgan fingerprint density at radius 1 is 0.800 bits per heavy atom. The highest BCUT2D eigenvalue weighted by atomic mass is 15.3. The third-order valence-electron chi connectivity index (χ3n) is 9.50. The maximum atomic E-state index is 6.09. The molecule has 0 bridgehead atoms. The minimum Gasteiger partial charge on any atom is -0.309 e. The van der Waals surface area contributed by atoms with Gasteiger partial charge in [0, 0.05) is 27.4 Å². The minimum absolute atomic E-state index is 0.0448. The first-order valence-electron chi connectivity index (χ1n) is 15.6. The van der Waals surface area contributed by atoms with Gasteiger partial charge in [0.15, 0.2) is 5.70 Å². The van der Waals surface area contributed by atoms with Crippen molar-refractivity contribution < 1.29 is 4.58 Å². The molecule has 3 heteroatoms. The van der Waals surface area contributed by atoms with Crippen LogP contribution in [0.3, 0.4) is 0 Å². The van der Waals surface area contributed by atoms with Gasteiger partial charge in [-0.15, -0.1) is 6.42 Å². The Balaban J connectivity index is 1.34. The number of allylic oxidation sites excluding steroid dienone is 4. The lowest BCUT2D eigenvalue weighted by Crippen LogP contribution is -2.52. The van der Waals surface area contributed by atoms with Crippen molar-refractivity contribution in [1.29, 1.82) is 0 Å². The molecule has 2 heterocycles. The van der Waals surface area contributed by atoms with E-state index in [9.17, 15) is 0 Å². The quantitative estimate of drug-likeness (QED) is 0.122. The molecule has 1 atom stereocenters. The van der Waals surface area contributed by atoms with Gasteiger partial charge in [0.1, 0.15) is 0 Å². The third kappa shape index (κ3) is 4.03. The molecule has 45 heavy (non-hydrogen) atoms. The van der Waals surface area contributed by atoms with Crippen molar-refractivity contribution in [3.63, 3.8) is 0 Å². The summed E-state index contributed by atoms with van der Waals surface area (Å²) in [5, 5.41) is 6.27. The van der Waals surface area contributed by atoms with Crippen LogP contribution >= 0.6 is 0 Å². The molecular formula is C42H34N3+. The van der Waals surface area contributed by atoms with Crippen LogP contribution in [0.5, 0.6) is 0 Å². The highest BCUT2D eigenvalue weighted by Gasteiger charge is 2.41. The van der Waals surface area contributed by atoms with E-state index in [0.717, 1.165) is 22.8 Å². The van der Waals surface area contributed by atoms with Crippen molar-refractivity contribution >= 4 is 27.6 Å². The van der Waals surface area contributed by atoms with Crippen molar-refractivity contribution in [2.24, 2.45) is 0 Å². The normalized spacial score (nSPS) is 16.8. The topological polar surface area (TPSA) is 20.0 Å². The largest absolute Gasteiger partial charge is 0.309 e. The number of aromatic nitrogens is 1. The van der Waals surface area contributed by atoms with Crippen LogP contribution in [0.1, 0.15) is 49.2 Å². The molecule has 8 rings (SSSR count). The number of amidine groups is 1. The van der Waals surface area contributed by atoms with Gasteiger partial charge in [-0.05, 0) is 77.6 Å². The van der Waals surface area contributed by atoms with Crippen molar-refractivity contribution in [3.8, 4) is 29.2 Å². The minimum atomic E-state index is -0.0518. The third-order valence-corrected chi connectivity index (χ3v) is 9.50. The van der Waals surface area contributed by atoms with Crippen molar-refractivity contribution in [3.05, 3.63) is 161 Å². The average molecular weight is 581 g/mol. The summed E-state index contributed by atoms with van der Waals surface area (Å²) < 4.78 is 4.64. The van der Waals surface area contributed by atoms with E-state index in [4.69, 9.17) is 6.42 Å². The maximum absolute atomic E-state index is 6.09. The molecule has 216 valence electrons. The molecule has 5 aromatic carbocycles. The summed E-state index contributed by atoms with van der Waals surface area (Å²) >= 11 is 0. The molecular weight excluding hydrogens is 546 g/mol. The lowest BCUT2D eigenvalue weighted by Gasteiger charge is -2.29. The Bertz CT molecular complexity index is 2290. The zero-order valence-corrected chi connectivity index (χ0v) is 25.8. The van der Waals surface area contributed by atoms with Gasteiger partial charge in [-0.1, -0.05) is 105 Å². The predicted octanol–water partition coefficient (Wildman–Crippen LogP) is 9.24. The van der Waals surface area contributed by atoms with E-state index in [1.807, 2.05) is 31.2 Å². The lowest BCUT2D eigenvalue weighted by atomic mass is 9.82. The summed E-state index contributed by atoms with van der Waals surface area (Å²) in [5.74, 6) is 3.93. The first-order chi connectivity index (χ1) is 22.0. The summed E-state index contributed by atoms with van der Waals surface area (Å²) in [5.41, 5.74) is 12.0. The maximum Gasteiger partial charge on any atom is 0.290 e. The second kappa shape index (κ2) is 10.3. The van der Waals surface area contributed by atoms with Gasteiger partial charge in [-0.2, -0.15) is 4.58 Å². The van der Waals surface area contributed by atoms with Gasteiger partial charge >= 0.3 is 0 Å². The molecule has 0 amide bonds. The molecule has 0 fully saturated rings. The van der Waals surface area contributed by atoms with Crippen LogP contribution in [0.2, 0.25) is 0 Å². The number of nitrogens with one attached hydrogen (secondary N) is 1. The highest BCUT2D eigenvalue weighted by molar-refractivity contribution is 6.11. The summed E-state index contributed by atoms with van der Waals surface area (Å²) in [4.78, 5) is 0. The molecule has 0 saturated heterocycles. The number of fused-ring (bicyclic) bond motifs is 6. The molecule has 3 nitrogen and oxygen atoms in total. The van der Waals surface area contributed by atoms with Crippen LogP contribution in [0.15, 0.2) is 139 Å². The Labute approximate surface area is 264 Å². The first-order valence-corrected chi connectivity index (χ1v) is 15.6. The molecule has 1 aliphatic heterocycles. The van der Waals surface area contributed by atoms with Gasteiger partial charge in [0.25, 0.3) is 12.0 Å². The molecule has 1 N–H and O–H groups in total. The molecule has 1 aliphatic carbocycles. The molecule has 0 saturated carbocycles. The molecule has 0 spiro atoms. The lowest BCUT2D eigenvalue weighted by molar-refractivity contribution is -0.557. The van der Waals surface area contributed by atoms with Crippen molar-refractivity contribution in [1.82, 2.24) is 9.88 Å². The Hall–Kier alpha value is -5.59.